The van der Waals surface area contributed by atoms with Gasteiger partial charge >= 0.3 is 0 Å². The lowest BCUT2D eigenvalue weighted by molar-refractivity contribution is -0.135. The third kappa shape index (κ3) is 3.05. The summed E-state index contributed by atoms with van der Waals surface area (Å²) in [4.78, 5) is 25.5. The van der Waals surface area contributed by atoms with E-state index in [1.165, 1.54) is 0 Å². The van der Waals surface area contributed by atoms with Crippen molar-refractivity contribution >= 4 is 11.8 Å². The molecule has 1 aromatic rings. The lowest BCUT2D eigenvalue weighted by Gasteiger charge is -2.28. The van der Waals surface area contributed by atoms with Crippen molar-refractivity contribution in [2.45, 2.75) is 38.9 Å². The van der Waals surface area contributed by atoms with Gasteiger partial charge in [-0.3, -0.25) is 9.59 Å². The molecule has 5 nitrogen and oxygen atoms in total. The Morgan fingerprint density at radius 1 is 1.26 bits per heavy atom. The molecule has 2 rings (SSSR count). The van der Waals surface area contributed by atoms with Gasteiger partial charge in [-0.15, -0.1) is 0 Å². The number of phenols is 1. The van der Waals surface area contributed by atoms with Crippen LogP contribution in [0.15, 0.2) is 24.3 Å². The van der Waals surface area contributed by atoms with Crippen LogP contribution in [0.3, 0.4) is 0 Å². The van der Waals surface area contributed by atoms with E-state index in [-0.39, 0.29) is 23.6 Å². The van der Waals surface area contributed by atoms with Crippen molar-refractivity contribution in [1.29, 1.82) is 0 Å². The van der Waals surface area contributed by atoms with Gasteiger partial charge in [-0.2, -0.15) is 0 Å². The van der Waals surface area contributed by atoms with Crippen LogP contribution in [0.1, 0.15) is 25.8 Å². The molecule has 2 unspecified atom stereocenters. The average Bonchev–Trinajstić information content (AvgIpc) is 2.44. The number of rotatable bonds is 2. The number of hydrogen-bond donors (Lipinski definition) is 2. The second-order valence-corrected chi connectivity index (χ2v) is 4.97. The molecule has 0 radical (unpaired) electrons. The molecular formula is C14H18N2O3. The summed E-state index contributed by atoms with van der Waals surface area (Å²) in [5.74, 6) is 0.0252. The van der Waals surface area contributed by atoms with Crippen LogP contribution in [-0.2, 0) is 16.1 Å². The van der Waals surface area contributed by atoms with Crippen molar-refractivity contribution in [3.05, 3.63) is 29.8 Å². The highest BCUT2D eigenvalue weighted by atomic mass is 16.3. The summed E-state index contributed by atoms with van der Waals surface area (Å²) < 4.78 is 0. The van der Waals surface area contributed by atoms with Crippen molar-refractivity contribution in [2.24, 2.45) is 0 Å². The van der Waals surface area contributed by atoms with Gasteiger partial charge in [-0.25, -0.2) is 0 Å². The molecule has 19 heavy (non-hydrogen) atoms. The first-order valence-electron chi connectivity index (χ1n) is 6.35. The molecule has 1 fully saturated rings. The minimum absolute atomic E-state index is 0.0774. The van der Waals surface area contributed by atoms with E-state index in [0.717, 1.165) is 5.56 Å². The van der Waals surface area contributed by atoms with E-state index in [1.54, 1.807) is 36.1 Å². The molecule has 2 N–H and O–H groups in total. The molecule has 5 heteroatoms. The summed E-state index contributed by atoms with van der Waals surface area (Å²) in [6.45, 7) is 4.01. The Labute approximate surface area is 112 Å². The molecule has 1 aromatic carbocycles. The van der Waals surface area contributed by atoms with Crippen LogP contribution in [0.4, 0.5) is 0 Å². The molecule has 0 aromatic heterocycles. The van der Waals surface area contributed by atoms with Crippen molar-refractivity contribution in [3.8, 4) is 5.75 Å². The Morgan fingerprint density at radius 3 is 2.53 bits per heavy atom. The van der Waals surface area contributed by atoms with Crippen LogP contribution in [0, 0.1) is 0 Å². The first-order valence-corrected chi connectivity index (χ1v) is 6.35. The maximum Gasteiger partial charge on any atom is 0.245 e. The SMILES string of the molecule is CC1NC(=O)CC(C)N(Cc2ccc(O)cc2)C1=O. The normalized spacial score (nSPS) is 24.0. The molecule has 1 heterocycles. The highest BCUT2D eigenvalue weighted by molar-refractivity contribution is 5.90. The smallest absolute Gasteiger partial charge is 0.245 e. The Kier molecular flexibility index (Phi) is 3.74. The van der Waals surface area contributed by atoms with Crippen LogP contribution < -0.4 is 5.32 Å². The maximum atomic E-state index is 12.2. The summed E-state index contributed by atoms with van der Waals surface area (Å²) in [6, 6.07) is 6.12. The van der Waals surface area contributed by atoms with Gasteiger partial charge in [0.1, 0.15) is 11.8 Å². The quantitative estimate of drug-likeness (QED) is 0.836. The molecule has 0 bridgehead atoms. The molecule has 0 spiro atoms. The van der Waals surface area contributed by atoms with Gasteiger partial charge in [0.25, 0.3) is 0 Å². The Bertz CT molecular complexity index is 484. The fourth-order valence-electron chi connectivity index (χ4n) is 2.24. The molecule has 0 saturated carbocycles. The third-order valence-corrected chi connectivity index (χ3v) is 3.33. The number of carbonyl (C=O) groups excluding carboxylic acids is 2. The van der Waals surface area contributed by atoms with Crippen LogP contribution in [0.2, 0.25) is 0 Å². The monoisotopic (exact) mass is 262 g/mol. The van der Waals surface area contributed by atoms with E-state index in [2.05, 4.69) is 5.32 Å². The molecule has 2 atom stereocenters. The highest BCUT2D eigenvalue weighted by Crippen LogP contribution is 2.17. The van der Waals surface area contributed by atoms with Crippen molar-refractivity contribution < 1.29 is 14.7 Å². The van der Waals surface area contributed by atoms with Crippen molar-refractivity contribution in [2.75, 3.05) is 0 Å². The van der Waals surface area contributed by atoms with Crippen LogP contribution in [-0.4, -0.2) is 33.9 Å². The first kappa shape index (κ1) is 13.4. The van der Waals surface area contributed by atoms with E-state index >= 15 is 0 Å². The maximum absolute atomic E-state index is 12.2. The molecule has 1 aliphatic rings. The molecule has 1 saturated heterocycles. The standard InChI is InChI=1S/C14H18N2O3/c1-9-7-13(18)15-10(2)14(19)16(9)8-11-3-5-12(17)6-4-11/h3-6,9-10,17H,7-8H2,1-2H3,(H,15,18). The number of benzene rings is 1. The fourth-order valence-corrected chi connectivity index (χ4v) is 2.24. The van der Waals surface area contributed by atoms with Crippen LogP contribution >= 0.6 is 0 Å². The summed E-state index contributed by atoms with van der Waals surface area (Å²) in [6.07, 6.45) is 0.314. The number of amides is 2. The average molecular weight is 262 g/mol. The third-order valence-electron chi connectivity index (χ3n) is 3.33. The lowest BCUT2D eigenvalue weighted by Crippen LogP contribution is -2.44. The van der Waals surface area contributed by atoms with E-state index in [1.807, 2.05) is 6.92 Å². The number of carbonyl (C=O) groups is 2. The second kappa shape index (κ2) is 5.30. The summed E-state index contributed by atoms with van der Waals surface area (Å²) in [7, 11) is 0. The zero-order chi connectivity index (χ0) is 14.0. The van der Waals surface area contributed by atoms with E-state index in [0.29, 0.717) is 13.0 Å². The van der Waals surface area contributed by atoms with Gasteiger partial charge < -0.3 is 15.3 Å². The van der Waals surface area contributed by atoms with Gasteiger partial charge in [-0.1, -0.05) is 12.1 Å². The highest BCUT2D eigenvalue weighted by Gasteiger charge is 2.31. The molecule has 1 aliphatic heterocycles. The zero-order valence-corrected chi connectivity index (χ0v) is 11.1. The Balaban J connectivity index is 2.18. The van der Waals surface area contributed by atoms with Gasteiger partial charge in [0.05, 0.1) is 0 Å². The topological polar surface area (TPSA) is 69.6 Å². The number of phenolic OH excluding ortho intramolecular Hbond substituents is 1. The predicted octanol–water partition coefficient (Wildman–Crippen LogP) is 1.02. The minimum atomic E-state index is -0.491. The minimum Gasteiger partial charge on any atom is -0.508 e. The van der Waals surface area contributed by atoms with Crippen molar-refractivity contribution in [3.63, 3.8) is 0 Å². The summed E-state index contributed by atoms with van der Waals surface area (Å²) >= 11 is 0. The summed E-state index contributed by atoms with van der Waals surface area (Å²) in [5.41, 5.74) is 0.930. The van der Waals surface area contributed by atoms with E-state index < -0.39 is 6.04 Å². The Morgan fingerprint density at radius 2 is 1.89 bits per heavy atom. The number of nitrogens with zero attached hydrogens (tertiary/aromatic N) is 1. The Hall–Kier alpha value is -2.04. The molecule has 0 aliphatic carbocycles. The van der Waals surface area contributed by atoms with Gasteiger partial charge in [0.15, 0.2) is 0 Å². The van der Waals surface area contributed by atoms with Gasteiger partial charge in [0.2, 0.25) is 11.8 Å². The largest absolute Gasteiger partial charge is 0.508 e. The van der Waals surface area contributed by atoms with Crippen LogP contribution in [0.5, 0.6) is 5.75 Å². The molecule has 2 amide bonds. The zero-order valence-electron chi connectivity index (χ0n) is 11.1. The van der Waals surface area contributed by atoms with Crippen molar-refractivity contribution in [1.82, 2.24) is 10.2 Å². The van der Waals surface area contributed by atoms with Crippen LogP contribution in [0.25, 0.3) is 0 Å². The number of hydrogen-bond acceptors (Lipinski definition) is 3. The first-order chi connectivity index (χ1) is 8.97. The second-order valence-electron chi connectivity index (χ2n) is 4.97. The molecule has 102 valence electrons. The lowest BCUT2D eigenvalue weighted by atomic mass is 10.1. The number of aromatic hydroxyl groups is 1. The predicted molar refractivity (Wildman–Crippen MR) is 70.3 cm³/mol. The fraction of sp³-hybridized carbons (Fsp3) is 0.429. The van der Waals surface area contributed by atoms with E-state index in [4.69, 9.17) is 0 Å². The van der Waals surface area contributed by atoms with E-state index in [9.17, 15) is 14.7 Å². The summed E-state index contributed by atoms with van der Waals surface area (Å²) in [5, 5.41) is 11.9. The van der Waals surface area contributed by atoms with Gasteiger partial charge in [0, 0.05) is 19.0 Å². The number of nitrogens with one attached hydrogen (secondary N) is 1. The van der Waals surface area contributed by atoms with Gasteiger partial charge in [-0.05, 0) is 31.5 Å². The molecular weight excluding hydrogens is 244 g/mol.